The van der Waals surface area contributed by atoms with Crippen LogP contribution >= 0.6 is 12.4 Å². The molecule has 1 saturated heterocycles. The summed E-state index contributed by atoms with van der Waals surface area (Å²) in [6.07, 6.45) is 6.01. The first-order chi connectivity index (χ1) is 10.2. The summed E-state index contributed by atoms with van der Waals surface area (Å²) in [7, 11) is 0. The van der Waals surface area contributed by atoms with Crippen LogP contribution in [0, 0.1) is 5.82 Å². The Kier molecular flexibility index (Phi) is 8.46. The predicted octanol–water partition coefficient (Wildman–Crippen LogP) is 3.65. The molecule has 1 aliphatic heterocycles. The minimum atomic E-state index is -0.283. The average Bonchev–Trinajstić information content (AvgIpc) is 2.51. The number of benzene rings is 1. The van der Waals surface area contributed by atoms with Crippen molar-refractivity contribution in [2.24, 2.45) is 0 Å². The molecule has 0 amide bonds. The van der Waals surface area contributed by atoms with Gasteiger partial charge in [0.15, 0.2) is 0 Å². The van der Waals surface area contributed by atoms with Crippen LogP contribution in [0.25, 0.3) is 0 Å². The van der Waals surface area contributed by atoms with E-state index >= 15 is 0 Å². The molecule has 0 radical (unpaired) electrons. The maximum atomic E-state index is 13.6. The first-order valence-electron chi connectivity index (χ1n) is 7.76. The Balaban J connectivity index is 0.00000242. The van der Waals surface area contributed by atoms with Gasteiger partial charge in [-0.3, -0.25) is 4.90 Å². The minimum Gasteiger partial charge on any atom is -0.508 e. The normalized spacial score (nSPS) is 16.8. The van der Waals surface area contributed by atoms with Gasteiger partial charge in [-0.15, -0.1) is 19.0 Å². The van der Waals surface area contributed by atoms with E-state index in [0.29, 0.717) is 0 Å². The van der Waals surface area contributed by atoms with Crippen LogP contribution in [0.5, 0.6) is 5.75 Å². The van der Waals surface area contributed by atoms with Gasteiger partial charge in [-0.05, 0) is 37.5 Å². The number of aromatic hydroxyl groups is 1. The third-order valence-corrected chi connectivity index (χ3v) is 4.08. The molecule has 0 bridgehead atoms. The lowest BCUT2D eigenvalue weighted by Crippen LogP contribution is -2.45. The highest BCUT2D eigenvalue weighted by atomic mass is 35.5. The Labute approximate surface area is 138 Å². The maximum absolute atomic E-state index is 13.6. The molecule has 0 aliphatic carbocycles. The molecule has 0 spiro atoms. The number of halogens is 2. The van der Waals surface area contributed by atoms with Crippen molar-refractivity contribution < 1.29 is 9.50 Å². The van der Waals surface area contributed by atoms with Crippen molar-refractivity contribution in [1.29, 1.82) is 0 Å². The van der Waals surface area contributed by atoms with Gasteiger partial charge in [0.1, 0.15) is 11.6 Å². The molecule has 124 valence electrons. The predicted molar refractivity (Wildman–Crippen MR) is 91.2 cm³/mol. The summed E-state index contributed by atoms with van der Waals surface area (Å²) in [5.74, 6) is -0.0855. The van der Waals surface area contributed by atoms with Crippen LogP contribution in [0.2, 0.25) is 0 Å². The van der Waals surface area contributed by atoms with E-state index in [1.807, 2.05) is 6.08 Å². The fourth-order valence-corrected chi connectivity index (χ4v) is 2.95. The van der Waals surface area contributed by atoms with Gasteiger partial charge in [0.05, 0.1) is 0 Å². The second kappa shape index (κ2) is 9.82. The Morgan fingerprint density at radius 1 is 1.32 bits per heavy atom. The molecule has 0 saturated carbocycles. The highest BCUT2D eigenvalue weighted by Crippen LogP contribution is 2.33. The number of phenolic OH excluding ortho intramolecular Hbond substituents is 1. The van der Waals surface area contributed by atoms with Gasteiger partial charge < -0.3 is 10.4 Å². The molecule has 1 fully saturated rings. The van der Waals surface area contributed by atoms with Crippen molar-refractivity contribution in [3.05, 3.63) is 42.2 Å². The molecule has 1 heterocycles. The number of piperazine rings is 1. The van der Waals surface area contributed by atoms with Crippen LogP contribution in [0.4, 0.5) is 4.39 Å². The van der Waals surface area contributed by atoms with Crippen molar-refractivity contribution in [1.82, 2.24) is 10.2 Å². The second-order valence-corrected chi connectivity index (χ2v) is 5.58. The molecule has 3 nitrogen and oxygen atoms in total. The number of unbranched alkanes of at least 4 members (excludes halogenated alkanes) is 2. The summed E-state index contributed by atoms with van der Waals surface area (Å²) in [6, 6.07) is 4.34. The van der Waals surface area contributed by atoms with Crippen LogP contribution in [0.3, 0.4) is 0 Å². The molecule has 2 N–H and O–H groups in total. The van der Waals surface area contributed by atoms with Gasteiger partial charge >= 0.3 is 0 Å². The number of rotatable bonds is 7. The van der Waals surface area contributed by atoms with Crippen molar-refractivity contribution in [3.63, 3.8) is 0 Å². The zero-order valence-corrected chi connectivity index (χ0v) is 13.7. The molecular formula is C17H26ClFN2O. The van der Waals surface area contributed by atoms with E-state index in [4.69, 9.17) is 0 Å². The van der Waals surface area contributed by atoms with E-state index in [1.165, 1.54) is 18.2 Å². The zero-order valence-electron chi connectivity index (χ0n) is 12.9. The Morgan fingerprint density at radius 2 is 2.05 bits per heavy atom. The number of hydrogen-bond acceptors (Lipinski definition) is 3. The molecule has 0 aromatic heterocycles. The van der Waals surface area contributed by atoms with Crippen molar-refractivity contribution in [2.45, 2.75) is 31.7 Å². The van der Waals surface area contributed by atoms with Gasteiger partial charge in [-0.2, -0.15) is 0 Å². The van der Waals surface area contributed by atoms with E-state index in [1.54, 1.807) is 0 Å². The molecule has 1 aliphatic rings. The SMILES string of the molecule is C=CCCCC[C@@H](c1cc(F)ccc1O)N1CCNCC1.Cl. The lowest BCUT2D eigenvalue weighted by atomic mass is 9.97. The molecule has 1 atom stereocenters. The minimum absolute atomic E-state index is 0. The number of nitrogens with one attached hydrogen (secondary N) is 1. The Hall–Kier alpha value is -1.10. The van der Waals surface area contributed by atoms with E-state index in [0.717, 1.165) is 57.4 Å². The highest BCUT2D eigenvalue weighted by molar-refractivity contribution is 5.85. The largest absolute Gasteiger partial charge is 0.508 e. The Morgan fingerprint density at radius 3 is 2.73 bits per heavy atom. The lowest BCUT2D eigenvalue weighted by Gasteiger charge is -2.35. The first kappa shape index (κ1) is 18.9. The van der Waals surface area contributed by atoms with Gasteiger partial charge in [-0.1, -0.05) is 12.5 Å². The van der Waals surface area contributed by atoms with Crippen molar-refractivity contribution in [3.8, 4) is 5.75 Å². The van der Waals surface area contributed by atoms with Crippen molar-refractivity contribution >= 4 is 12.4 Å². The van der Waals surface area contributed by atoms with Crippen LogP contribution in [-0.4, -0.2) is 36.2 Å². The third-order valence-electron chi connectivity index (χ3n) is 4.08. The standard InChI is InChI=1S/C17H25FN2O.ClH/c1-2-3-4-5-6-16(20-11-9-19-10-12-20)15-13-14(18)7-8-17(15)21;/h2,7-8,13,16,19,21H,1,3-6,9-12H2;1H/t16-;/m0./s1. The molecular weight excluding hydrogens is 303 g/mol. The van der Waals surface area contributed by atoms with Crippen LogP contribution in [0.1, 0.15) is 37.3 Å². The van der Waals surface area contributed by atoms with Crippen LogP contribution in [0.15, 0.2) is 30.9 Å². The van der Waals surface area contributed by atoms with Gasteiger partial charge in [-0.25, -0.2) is 4.39 Å². The molecule has 1 aromatic carbocycles. The van der Waals surface area contributed by atoms with E-state index in [9.17, 15) is 9.50 Å². The summed E-state index contributed by atoms with van der Waals surface area (Å²) in [5.41, 5.74) is 0.718. The topological polar surface area (TPSA) is 35.5 Å². The number of hydrogen-bond donors (Lipinski definition) is 2. The Bertz CT molecular complexity index is 464. The van der Waals surface area contributed by atoms with Gasteiger partial charge in [0.25, 0.3) is 0 Å². The van der Waals surface area contributed by atoms with Gasteiger partial charge in [0.2, 0.25) is 0 Å². The average molecular weight is 329 g/mol. The lowest BCUT2D eigenvalue weighted by molar-refractivity contribution is 0.160. The zero-order chi connectivity index (χ0) is 15.1. The second-order valence-electron chi connectivity index (χ2n) is 5.58. The third kappa shape index (κ3) is 5.27. The summed E-state index contributed by atoms with van der Waals surface area (Å²) in [6.45, 7) is 7.50. The number of nitrogens with zero attached hydrogens (tertiary/aromatic N) is 1. The summed E-state index contributed by atoms with van der Waals surface area (Å²) < 4.78 is 13.6. The number of allylic oxidation sites excluding steroid dienone is 1. The van der Waals surface area contributed by atoms with E-state index < -0.39 is 0 Å². The van der Waals surface area contributed by atoms with Crippen LogP contribution in [-0.2, 0) is 0 Å². The highest BCUT2D eigenvalue weighted by Gasteiger charge is 2.24. The van der Waals surface area contributed by atoms with Crippen LogP contribution < -0.4 is 5.32 Å². The summed E-state index contributed by atoms with van der Waals surface area (Å²) in [5, 5.41) is 13.4. The molecule has 2 rings (SSSR count). The van der Waals surface area contributed by atoms with E-state index in [2.05, 4.69) is 16.8 Å². The smallest absolute Gasteiger partial charge is 0.123 e. The molecule has 5 heteroatoms. The monoisotopic (exact) mass is 328 g/mol. The molecule has 0 unspecified atom stereocenters. The van der Waals surface area contributed by atoms with E-state index in [-0.39, 0.29) is 30.0 Å². The molecule has 1 aromatic rings. The fraction of sp³-hybridized carbons (Fsp3) is 0.529. The fourth-order valence-electron chi connectivity index (χ4n) is 2.95. The summed E-state index contributed by atoms with van der Waals surface area (Å²) >= 11 is 0. The summed E-state index contributed by atoms with van der Waals surface area (Å²) in [4.78, 5) is 2.35. The molecule has 22 heavy (non-hydrogen) atoms. The number of phenols is 1. The van der Waals surface area contributed by atoms with Gasteiger partial charge in [0, 0.05) is 37.8 Å². The quantitative estimate of drug-likeness (QED) is 0.592. The maximum Gasteiger partial charge on any atom is 0.123 e. The van der Waals surface area contributed by atoms with Crippen molar-refractivity contribution in [2.75, 3.05) is 26.2 Å². The first-order valence-corrected chi connectivity index (χ1v) is 7.76.